The fraction of sp³-hybridized carbons (Fsp3) is 0.300. The van der Waals surface area contributed by atoms with Crippen LogP contribution in [0.1, 0.15) is 16.9 Å². The van der Waals surface area contributed by atoms with Gasteiger partial charge in [0.1, 0.15) is 5.69 Å². The average molecular weight is 219 g/mol. The highest BCUT2D eigenvalue weighted by atomic mass is 16.1. The van der Waals surface area contributed by atoms with Gasteiger partial charge >= 0.3 is 0 Å². The van der Waals surface area contributed by atoms with Gasteiger partial charge < -0.3 is 10.3 Å². The zero-order chi connectivity index (χ0) is 11.4. The zero-order valence-corrected chi connectivity index (χ0v) is 8.78. The number of hydrogen-bond donors (Lipinski definition) is 1. The van der Waals surface area contributed by atoms with Crippen LogP contribution >= 0.6 is 0 Å². The van der Waals surface area contributed by atoms with Gasteiger partial charge in [0.25, 0.3) is 5.91 Å². The topological polar surface area (TPSA) is 78.7 Å². The van der Waals surface area contributed by atoms with Gasteiger partial charge in [0, 0.05) is 31.7 Å². The molecule has 0 aliphatic rings. The predicted molar refractivity (Wildman–Crippen MR) is 57.6 cm³/mol. The van der Waals surface area contributed by atoms with Gasteiger partial charge in [-0.15, -0.1) is 0 Å². The SMILES string of the molecule is NC(=O)c1ccn(CCCn2ccnc2)n1. The fourth-order valence-corrected chi connectivity index (χ4v) is 1.45. The summed E-state index contributed by atoms with van der Waals surface area (Å²) in [5.74, 6) is -0.492. The highest BCUT2D eigenvalue weighted by Crippen LogP contribution is 1.98. The quantitative estimate of drug-likeness (QED) is 0.783. The predicted octanol–water partition coefficient (Wildman–Crippen LogP) is 0.269. The summed E-state index contributed by atoms with van der Waals surface area (Å²) in [6, 6.07) is 1.62. The first-order chi connectivity index (χ1) is 7.75. The molecule has 0 atom stereocenters. The molecule has 16 heavy (non-hydrogen) atoms. The third kappa shape index (κ3) is 2.47. The molecule has 0 unspecified atom stereocenters. The van der Waals surface area contributed by atoms with Crippen LogP contribution in [-0.4, -0.2) is 25.2 Å². The molecule has 0 spiro atoms. The first-order valence-corrected chi connectivity index (χ1v) is 5.05. The van der Waals surface area contributed by atoms with Crippen LogP contribution in [0.2, 0.25) is 0 Å². The molecule has 0 radical (unpaired) electrons. The maximum atomic E-state index is 10.8. The number of primary amides is 1. The molecule has 6 heteroatoms. The Morgan fingerprint density at radius 1 is 1.38 bits per heavy atom. The number of carbonyl (C=O) groups is 1. The number of rotatable bonds is 5. The summed E-state index contributed by atoms with van der Waals surface area (Å²) in [5.41, 5.74) is 5.41. The molecule has 0 saturated heterocycles. The van der Waals surface area contributed by atoms with Gasteiger partial charge in [-0.05, 0) is 12.5 Å². The van der Waals surface area contributed by atoms with Gasteiger partial charge in [-0.1, -0.05) is 0 Å². The molecule has 0 bridgehead atoms. The van der Waals surface area contributed by atoms with E-state index in [9.17, 15) is 4.79 Å². The van der Waals surface area contributed by atoms with E-state index in [2.05, 4.69) is 10.1 Å². The average Bonchev–Trinajstić information content (AvgIpc) is 2.87. The molecule has 84 valence electrons. The van der Waals surface area contributed by atoms with Crippen molar-refractivity contribution in [1.82, 2.24) is 19.3 Å². The minimum Gasteiger partial charge on any atom is -0.364 e. The van der Waals surface area contributed by atoms with Crippen LogP contribution in [0.4, 0.5) is 0 Å². The molecule has 0 aliphatic carbocycles. The van der Waals surface area contributed by atoms with Crippen LogP contribution in [0.25, 0.3) is 0 Å². The second-order valence-corrected chi connectivity index (χ2v) is 3.48. The Bertz CT molecular complexity index is 459. The molecule has 6 nitrogen and oxygen atoms in total. The van der Waals surface area contributed by atoms with Gasteiger partial charge in [-0.25, -0.2) is 4.98 Å². The summed E-state index contributed by atoms with van der Waals surface area (Å²) in [4.78, 5) is 14.8. The Balaban J connectivity index is 1.83. The minimum absolute atomic E-state index is 0.308. The number of imidazole rings is 1. The highest BCUT2D eigenvalue weighted by molar-refractivity contribution is 5.90. The maximum Gasteiger partial charge on any atom is 0.269 e. The van der Waals surface area contributed by atoms with E-state index in [4.69, 9.17) is 5.73 Å². The van der Waals surface area contributed by atoms with Crippen LogP contribution in [0, 0.1) is 0 Å². The molecule has 2 heterocycles. The van der Waals surface area contributed by atoms with Crippen molar-refractivity contribution in [2.45, 2.75) is 19.5 Å². The smallest absolute Gasteiger partial charge is 0.269 e. The molecule has 0 saturated carbocycles. The Morgan fingerprint density at radius 2 is 2.25 bits per heavy atom. The number of nitrogens with zero attached hydrogens (tertiary/aromatic N) is 4. The standard InChI is InChI=1S/C10H13N5O/c11-10(16)9-2-6-15(13-9)5-1-4-14-7-3-12-8-14/h2-3,6-8H,1,4-5H2,(H2,11,16). The molecule has 0 aliphatic heterocycles. The number of carbonyl (C=O) groups excluding carboxylic acids is 1. The van der Waals surface area contributed by atoms with Crippen LogP contribution < -0.4 is 5.73 Å². The van der Waals surface area contributed by atoms with E-state index < -0.39 is 5.91 Å². The van der Waals surface area contributed by atoms with Crippen molar-refractivity contribution in [3.8, 4) is 0 Å². The summed E-state index contributed by atoms with van der Waals surface area (Å²) < 4.78 is 3.72. The summed E-state index contributed by atoms with van der Waals surface area (Å²) in [6.07, 6.45) is 8.12. The van der Waals surface area contributed by atoms with E-state index in [1.54, 1.807) is 29.5 Å². The summed E-state index contributed by atoms with van der Waals surface area (Å²) >= 11 is 0. The van der Waals surface area contributed by atoms with E-state index in [0.29, 0.717) is 5.69 Å². The van der Waals surface area contributed by atoms with E-state index >= 15 is 0 Å². The van der Waals surface area contributed by atoms with Crippen LogP contribution in [0.15, 0.2) is 31.0 Å². The Kier molecular flexibility index (Phi) is 3.00. The number of aryl methyl sites for hydroxylation is 2. The van der Waals surface area contributed by atoms with Gasteiger partial charge in [0.2, 0.25) is 0 Å². The van der Waals surface area contributed by atoms with Gasteiger partial charge in [-0.2, -0.15) is 5.10 Å². The fourth-order valence-electron chi connectivity index (χ4n) is 1.45. The zero-order valence-electron chi connectivity index (χ0n) is 8.78. The van der Waals surface area contributed by atoms with E-state index in [1.807, 2.05) is 10.8 Å². The van der Waals surface area contributed by atoms with Crippen molar-refractivity contribution in [3.05, 3.63) is 36.7 Å². The molecule has 0 fully saturated rings. The van der Waals surface area contributed by atoms with Crippen molar-refractivity contribution in [1.29, 1.82) is 0 Å². The molecule has 0 aromatic carbocycles. The van der Waals surface area contributed by atoms with Gasteiger partial charge in [0.15, 0.2) is 0 Å². The third-order valence-electron chi connectivity index (χ3n) is 2.26. The number of aromatic nitrogens is 4. The number of amides is 1. The summed E-state index contributed by atoms with van der Waals surface area (Å²) in [5, 5.41) is 4.05. The molecule has 2 aromatic heterocycles. The molecule has 2 rings (SSSR count). The largest absolute Gasteiger partial charge is 0.364 e. The van der Waals surface area contributed by atoms with Gasteiger partial charge in [0.05, 0.1) is 6.33 Å². The monoisotopic (exact) mass is 219 g/mol. The van der Waals surface area contributed by atoms with E-state index in [0.717, 1.165) is 19.5 Å². The Morgan fingerprint density at radius 3 is 2.88 bits per heavy atom. The van der Waals surface area contributed by atoms with Crippen molar-refractivity contribution < 1.29 is 4.79 Å². The number of nitrogens with two attached hydrogens (primary N) is 1. The lowest BCUT2D eigenvalue weighted by Gasteiger charge is -2.02. The first-order valence-electron chi connectivity index (χ1n) is 5.05. The van der Waals surface area contributed by atoms with Crippen molar-refractivity contribution in [2.75, 3.05) is 0 Å². The second-order valence-electron chi connectivity index (χ2n) is 3.48. The first kappa shape index (κ1) is 10.4. The lowest BCUT2D eigenvalue weighted by molar-refractivity contribution is 0.0994. The van der Waals surface area contributed by atoms with Crippen LogP contribution in [-0.2, 0) is 13.1 Å². The van der Waals surface area contributed by atoms with E-state index in [-0.39, 0.29) is 0 Å². The summed E-state index contributed by atoms with van der Waals surface area (Å²) in [7, 11) is 0. The molecule has 2 N–H and O–H groups in total. The molecular weight excluding hydrogens is 206 g/mol. The number of hydrogen-bond acceptors (Lipinski definition) is 3. The Labute approximate surface area is 92.7 Å². The Hall–Kier alpha value is -2.11. The maximum absolute atomic E-state index is 10.8. The van der Waals surface area contributed by atoms with E-state index in [1.165, 1.54) is 0 Å². The second kappa shape index (κ2) is 4.61. The van der Waals surface area contributed by atoms with Crippen LogP contribution in [0.3, 0.4) is 0 Å². The third-order valence-corrected chi connectivity index (χ3v) is 2.26. The van der Waals surface area contributed by atoms with Crippen molar-refractivity contribution in [2.24, 2.45) is 5.73 Å². The highest BCUT2D eigenvalue weighted by Gasteiger charge is 2.03. The molecular formula is C10H13N5O. The lowest BCUT2D eigenvalue weighted by atomic mass is 10.4. The summed E-state index contributed by atoms with van der Waals surface area (Å²) in [6.45, 7) is 1.64. The molecule has 1 amide bonds. The minimum atomic E-state index is -0.492. The van der Waals surface area contributed by atoms with Crippen molar-refractivity contribution >= 4 is 5.91 Å². The van der Waals surface area contributed by atoms with Crippen LogP contribution in [0.5, 0.6) is 0 Å². The normalized spacial score (nSPS) is 10.5. The van der Waals surface area contributed by atoms with Gasteiger partial charge in [-0.3, -0.25) is 9.48 Å². The lowest BCUT2D eigenvalue weighted by Crippen LogP contribution is -2.12. The van der Waals surface area contributed by atoms with Crippen molar-refractivity contribution in [3.63, 3.8) is 0 Å². The molecule has 2 aromatic rings.